The highest BCUT2D eigenvalue weighted by Crippen LogP contribution is 2.29. The molecule has 4 aromatic rings. The summed E-state index contributed by atoms with van der Waals surface area (Å²) < 4.78 is 5.48. The summed E-state index contributed by atoms with van der Waals surface area (Å²) in [4.78, 5) is 10.5. The fourth-order valence-corrected chi connectivity index (χ4v) is 3.17. The Bertz CT molecular complexity index is 917. The van der Waals surface area contributed by atoms with Gasteiger partial charge in [0.2, 0.25) is 0 Å². The predicted molar refractivity (Wildman–Crippen MR) is 93.6 cm³/mol. The smallest absolute Gasteiger partial charge is 0.172 e. The lowest BCUT2D eigenvalue weighted by Gasteiger charge is -2.14. The second-order valence-electron chi connectivity index (χ2n) is 5.27. The summed E-state index contributed by atoms with van der Waals surface area (Å²) in [6.45, 7) is 2.06. The number of furan rings is 1. The Morgan fingerprint density at radius 1 is 1.04 bits per heavy atom. The van der Waals surface area contributed by atoms with Gasteiger partial charge in [-0.1, -0.05) is 18.2 Å². The molecule has 0 unspecified atom stereocenters. The molecule has 5 heteroatoms. The summed E-state index contributed by atoms with van der Waals surface area (Å²) in [5.41, 5.74) is 0.931. The number of rotatable bonds is 4. The van der Waals surface area contributed by atoms with Crippen molar-refractivity contribution in [3.63, 3.8) is 0 Å². The lowest BCUT2D eigenvalue weighted by Crippen LogP contribution is -2.08. The molecular formula is C18H15N3OS. The molecule has 4 nitrogen and oxygen atoms in total. The van der Waals surface area contributed by atoms with Crippen LogP contribution in [-0.4, -0.2) is 9.97 Å². The summed E-state index contributed by atoms with van der Waals surface area (Å²) in [6.07, 6.45) is 1.68. The van der Waals surface area contributed by atoms with Gasteiger partial charge in [0.25, 0.3) is 0 Å². The van der Waals surface area contributed by atoms with E-state index in [1.165, 1.54) is 0 Å². The maximum atomic E-state index is 5.48. The Labute approximate surface area is 137 Å². The van der Waals surface area contributed by atoms with E-state index < -0.39 is 0 Å². The number of anilines is 1. The van der Waals surface area contributed by atoms with E-state index in [1.807, 2.05) is 53.9 Å². The van der Waals surface area contributed by atoms with Crippen LogP contribution in [0.25, 0.3) is 21.6 Å². The number of benzene rings is 1. The van der Waals surface area contributed by atoms with E-state index in [0.29, 0.717) is 0 Å². The molecule has 0 fully saturated rings. The number of hydrogen-bond donors (Lipinski definition) is 1. The second-order valence-corrected chi connectivity index (χ2v) is 6.22. The maximum absolute atomic E-state index is 5.48. The molecule has 0 amide bonds. The van der Waals surface area contributed by atoms with E-state index in [0.717, 1.165) is 33.2 Å². The van der Waals surface area contributed by atoms with Gasteiger partial charge in [0, 0.05) is 5.39 Å². The molecule has 4 rings (SSSR count). The number of nitrogens with zero attached hydrogens (tertiary/aromatic N) is 2. The third kappa shape index (κ3) is 2.71. The fraction of sp³-hybridized carbons (Fsp3) is 0.111. The number of thiophene rings is 1. The van der Waals surface area contributed by atoms with Gasteiger partial charge in [0.15, 0.2) is 5.82 Å². The summed E-state index contributed by atoms with van der Waals surface area (Å²) in [5, 5.41) is 6.49. The molecule has 0 radical (unpaired) electrons. The first-order valence-electron chi connectivity index (χ1n) is 7.42. The third-order valence-electron chi connectivity index (χ3n) is 3.67. The normalized spacial score (nSPS) is 12.4. The highest BCUT2D eigenvalue weighted by molar-refractivity contribution is 7.13. The number of aromatic nitrogens is 2. The van der Waals surface area contributed by atoms with Crippen LogP contribution in [0, 0.1) is 0 Å². The number of para-hydroxylation sites is 1. The Balaban J connectivity index is 1.80. The van der Waals surface area contributed by atoms with Gasteiger partial charge in [-0.05, 0) is 42.6 Å². The Morgan fingerprint density at radius 2 is 1.96 bits per heavy atom. The van der Waals surface area contributed by atoms with E-state index in [2.05, 4.69) is 17.2 Å². The van der Waals surface area contributed by atoms with Gasteiger partial charge < -0.3 is 9.73 Å². The van der Waals surface area contributed by atoms with Gasteiger partial charge in [-0.3, -0.25) is 0 Å². The quantitative estimate of drug-likeness (QED) is 0.566. The minimum Gasteiger partial charge on any atom is -0.467 e. The zero-order chi connectivity index (χ0) is 15.6. The Hall–Kier alpha value is -2.66. The highest BCUT2D eigenvalue weighted by atomic mass is 32.1. The lowest BCUT2D eigenvalue weighted by molar-refractivity contribution is 0.490. The molecule has 1 N–H and O–H groups in total. The monoisotopic (exact) mass is 321 g/mol. The van der Waals surface area contributed by atoms with Gasteiger partial charge >= 0.3 is 0 Å². The van der Waals surface area contributed by atoms with E-state index in [-0.39, 0.29) is 6.04 Å². The van der Waals surface area contributed by atoms with Gasteiger partial charge in [0.05, 0.1) is 22.7 Å². The average Bonchev–Trinajstić information content (AvgIpc) is 3.28. The average molecular weight is 321 g/mol. The van der Waals surface area contributed by atoms with Crippen molar-refractivity contribution in [2.24, 2.45) is 0 Å². The van der Waals surface area contributed by atoms with Crippen LogP contribution in [0.5, 0.6) is 0 Å². The first-order chi connectivity index (χ1) is 11.3. The Kier molecular flexibility index (Phi) is 3.55. The molecule has 1 atom stereocenters. The molecule has 0 aliphatic carbocycles. The predicted octanol–water partition coefficient (Wildman–Crippen LogP) is 5.12. The zero-order valence-electron chi connectivity index (χ0n) is 12.6. The summed E-state index contributed by atoms with van der Waals surface area (Å²) in [5.74, 6) is 2.45. The van der Waals surface area contributed by atoms with Crippen LogP contribution in [0.2, 0.25) is 0 Å². The zero-order valence-corrected chi connectivity index (χ0v) is 13.4. The van der Waals surface area contributed by atoms with Crippen molar-refractivity contribution in [1.29, 1.82) is 0 Å². The maximum Gasteiger partial charge on any atom is 0.172 e. The molecule has 0 bridgehead atoms. The Morgan fingerprint density at radius 3 is 2.74 bits per heavy atom. The van der Waals surface area contributed by atoms with Crippen LogP contribution in [0.4, 0.5) is 5.82 Å². The first-order valence-corrected chi connectivity index (χ1v) is 8.30. The minimum atomic E-state index is 0.0273. The van der Waals surface area contributed by atoms with Gasteiger partial charge in [0.1, 0.15) is 11.6 Å². The van der Waals surface area contributed by atoms with Crippen LogP contribution < -0.4 is 5.32 Å². The van der Waals surface area contributed by atoms with Crippen molar-refractivity contribution in [2.45, 2.75) is 13.0 Å². The first kappa shape index (κ1) is 14.0. The third-order valence-corrected chi connectivity index (χ3v) is 4.53. The van der Waals surface area contributed by atoms with Crippen molar-refractivity contribution in [3.8, 4) is 10.7 Å². The summed E-state index contributed by atoms with van der Waals surface area (Å²) in [7, 11) is 0. The molecule has 1 aromatic carbocycles. The van der Waals surface area contributed by atoms with Crippen molar-refractivity contribution in [2.75, 3.05) is 5.32 Å². The number of nitrogens with one attached hydrogen (secondary N) is 1. The lowest BCUT2D eigenvalue weighted by atomic mass is 10.2. The fourth-order valence-electron chi connectivity index (χ4n) is 2.52. The highest BCUT2D eigenvalue weighted by Gasteiger charge is 2.14. The molecule has 0 spiro atoms. The van der Waals surface area contributed by atoms with Crippen molar-refractivity contribution < 1.29 is 4.42 Å². The van der Waals surface area contributed by atoms with Gasteiger partial charge in [-0.25, -0.2) is 9.97 Å². The van der Waals surface area contributed by atoms with Crippen LogP contribution in [0.1, 0.15) is 18.7 Å². The van der Waals surface area contributed by atoms with Crippen LogP contribution in [0.3, 0.4) is 0 Å². The van der Waals surface area contributed by atoms with E-state index >= 15 is 0 Å². The second kappa shape index (κ2) is 5.85. The molecule has 0 saturated heterocycles. The number of fused-ring (bicyclic) bond motifs is 1. The summed E-state index contributed by atoms with van der Waals surface area (Å²) in [6, 6.07) is 16.0. The SMILES string of the molecule is C[C@@H](Nc1nc(-c2cccs2)nc2ccccc12)c1ccco1. The topological polar surface area (TPSA) is 51.0 Å². The van der Waals surface area contributed by atoms with Gasteiger partial charge in [-0.2, -0.15) is 0 Å². The molecule has 3 heterocycles. The largest absolute Gasteiger partial charge is 0.467 e. The molecule has 0 aliphatic heterocycles. The van der Waals surface area contributed by atoms with Crippen molar-refractivity contribution >= 4 is 28.1 Å². The van der Waals surface area contributed by atoms with E-state index in [4.69, 9.17) is 9.40 Å². The summed E-state index contributed by atoms with van der Waals surface area (Å²) >= 11 is 1.64. The van der Waals surface area contributed by atoms with Crippen molar-refractivity contribution in [3.05, 3.63) is 65.9 Å². The molecular weight excluding hydrogens is 306 g/mol. The molecule has 3 aromatic heterocycles. The van der Waals surface area contributed by atoms with Crippen LogP contribution >= 0.6 is 11.3 Å². The van der Waals surface area contributed by atoms with Gasteiger partial charge in [-0.15, -0.1) is 11.3 Å². The van der Waals surface area contributed by atoms with E-state index in [1.54, 1.807) is 17.6 Å². The number of hydrogen-bond acceptors (Lipinski definition) is 5. The van der Waals surface area contributed by atoms with E-state index in [9.17, 15) is 0 Å². The molecule has 0 saturated carbocycles. The molecule has 0 aliphatic rings. The standard InChI is InChI=1S/C18H15N3OS/c1-12(15-8-4-10-22-15)19-17-13-6-2-3-7-14(13)20-18(21-17)16-9-5-11-23-16/h2-12H,1H3,(H,19,20,21)/t12-/m1/s1. The van der Waals surface area contributed by atoms with Crippen molar-refractivity contribution in [1.82, 2.24) is 9.97 Å². The molecule has 23 heavy (non-hydrogen) atoms. The minimum absolute atomic E-state index is 0.0273. The van der Waals surface area contributed by atoms with Crippen LogP contribution in [-0.2, 0) is 0 Å². The van der Waals surface area contributed by atoms with Crippen LogP contribution in [0.15, 0.2) is 64.6 Å². The molecule has 114 valence electrons.